The minimum absolute atomic E-state index is 0.0448. The summed E-state index contributed by atoms with van der Waals surface area (Å²) in [4.78, 5) is 11.5. The third-order valence-electron chi connectivity index (χ3n) is 2.65. The molecule has 4 heteroatoms. The number of nitrogens with two attached hydrogens (primary N) is 1. The fourth-order valence-corrected chi connectivity index (χ4v) is 1.61. The molecule has 1 aromatic carbocycles. The average molecular weight is 250 g/mol. The van der Waals surface area contributed by atoms with E-state index in [0.717, 1.165) is 24.8 Å². The summed E-state index contributed by atoms with van der Waals surface area (Å²) in [5, 5.41) is 2.83. The van der Waals surface area contributed by atoms with Crippen LogP contribution >= 0.6 is 0 Å². The molecule has 18 heavy (non-hydrogen) atoms. The molecule has 0 atom stereocenters. The summed E-state index contributed by atoms with van der Waals surface area (Å²) in [6, 6.07) is 7.49. The maximum Gasteiger partial charge on any atom is 0.257 e. The summed E-state index contributed by atoms with van der Waals surface area (Å²) in [5.74, 6) is 0.599. The number of rotatable bonds is 8. The smallest absolute Gasteiger partial charge is 0.257 e. The number of carbonyl (C=O) groups excluding carboxylic acids is 1. The van der Waals surface area contributed by atoms with Gasteiger partial charge in [0, 0.05) is 18.7 Å². The van der Waals surface area contributed by atoms with E-state index in [1.165, 1.54) is 0 Å². The minimum atomic E-state index is -0.0853. The van der Waals surface area contributed by atoms with Crippen molar-refractivity contribution in [2.75, 3.05) is 13.2 Å². The van der Waals surface area contributed by atoms with E-state index in [9.17, 15) is 4.79 Å². The molecule has 0 unspecified atom stereocenters. The Labute approximate surface area is 109 Å². The van der Waals surface area contributed by atoms with Crippen molar-refractivity contribution >= 4 is 5.91 Å². The molecule has 0 saturated heterocycles. The van der Waals surface area contributed by atoms with Crippen molar-refractivity contribution in [2.45, 2.75) is 32.7 Å². The quantitative estimate of drug-likeness (QED) is 0.692. The Bertz CT molecular complexity index is 367. The lowest BCUT2D eigenvalue weighted by Gasteiger charge is -2.10. The number of para-hydroxylation sites is 1. The lowest BCUT2D eigenvalue weighted by atomic mass is 10.2. The Balaban J connectivity index is 2.29. The van der Waals surface area contributed by atoms with E-state index < -0.39 is 0 Å². The molecule has 4 nitrogen and oxygen atoms in total. The van der Waals surface area contributed by atoms with E-state index >= 15 is 0 Å². The van der Waals surface area contributed by atoms with Gasteiger partial charge in [-0.1, -0.05) is 38.0 Å². The number of ether oxygens (including phenoxy) is 1. The topological polar surface area (TPSA) is 64.3 Å². The van der Waals surface area contributed by atoms with Gasteiger partial charge in [0.2, 0.25) is 0 Å². The van der Waals surface area contributed by atoms with Crippen LogP contribution in [0.2, 0.25) is 0 Å². The van der Waals surface area contributed by atoms with Crippen LogP contribution in [0.25, 0.3) is 0 Å². The van der Waals surface area contributed by atoms with E-state index in [1.807, 2.05) is 24.3 Å². The molecule has 0 spiro atoms. The first-order valence-electron chi connectivity index (χ1n) is 6.45. The maximum absolute atomic E-state index is 11.5. The second-order valence-electron chi connectivity index (χ2n) is 4.16. The number of nitrogens with one attached hydrogen (secondary N) is 1. The van der Waals surface area contributed by atoms with Crippen molar-refractivity contribution in [1.82, 2.24) is 5.32 Å². The molecular formula is C14H22N2O2. The molecule has 0 saturated carbocycles. The van der Waals surface area contributed by atoms with E-state index in [-0.39, 0.29) is 12.5 Å². The standard InChI is InChI=1S/C14H22N2O2/c1-2-3-6-9-16-14(17)11-18-13-8-5-4-7-12(13)10-15/h4-5,7-8H,2-3,6,9-11,15H2,1H3,(H,16,17). The van der Waals surface area contributed by atoms with Gasteiger partial charge in [-0.25, -0.2) is 0 Å². The van der Waals surface area contributed by atoms with Crippen molar-refractivity contribution in [3.05, 3.63) is 29.8 Å². The largest absolute Gasteiger partial charge is 0.483 e. The summed E-state index contributed by atoms with van der Waals surface area (Å²) in [5.41, 5.74) is 6.50. The SMILES string of the molecule is CCCCCNC(=O)COc1ccccc1CN. The van der Waals surface area contributed by atoms with Crippen LogP contribution in [0.5, 0.6) is 5.75 Å². The molecule has 1 amide bonds. The molecule has 3 N–H and O–H groups in total. The summed E-state index contributed by atoms with van der Waals surface area (Å²) < 4.78 is 5.45. The van der Waals surface area contributed by atoms with Crippen molar-refractivity contribution in [3.63, 3.8) is 0 Å². The van der Waals surface area contributed by atoms with Gasteiger partial charge in [-0.15, -0.1) is 0 Å². The van der Waals surface area contributed by atoms with Crippen molar-refractivity contribution in [1.29, 1.82) is 0 Å². The van der Waals surface area contributed by atoms with E-state index in [4.69, 9.17) is 10.5 Å². The molecule has 0 radical (unpaired) electrons. The van der Waals surface area contributed by atoms with E-state index in [0.29, 0.717) is 18.8 Å². The first kappa shape index (κ1) is 14.5. The molecule has 100 valence electrons. The van der Waals surface area contributed by atoms with Gasteiger partial charge in [-0.3, -0.25) is 4.79 Å². The Morgan fingerprint density at radius 3 is 2.83 bits per heavy atom. The fraction of sp³-hybridized carbons (Fsp3) is 0.500. The second kappa shape index (κ2) is 8.53. The van der Waals surface area contributed by atoms with Gasteiger partial charge < -0.3 is 15.8 Å². The molecule has 1 rings (SSSR count). The van der Waals surface area contributed by atoms with Crippen molar-refractivity contribution in [3.8, 4) is 5.75 Å². The highest BCUT2D eigenvalue weighted by molar-refractivity contribution is 5.77. The summed E-state index contributed by atoms with van der Waals surface area (Å²) >= 11 is 0. The zero-order valence-corrected chi connectivity index (χ0v) is 10.9. The maximum atomic E-state index is 11.5. The normalized spacial score (nSPS) is 10.1. The molecule has 0 fully saturated rings. The van der Waals surface area contributed by atoms with Crippen LogP contribution in [0.3, 0.4) is 0 Å². The number of hydrogen-bond donors (Lipinski definition) is 2. The molecule has 0 heterocycles. The highest BCUT2D eigenvalue weighted by atomic mass is 16.5. The molecule has 0 aliphatic rings. The van der Waals surface area contributed by atoms with Gasteiger partial charge in [0.25, 0.3) is 5.91 Å². The number of unbranched alkanes of at least 4 members (excludes halogenated alkanes) is 2. The Kier molecular flexibility index (Phi) is 6.87. The van der Waals surface area contributed by atoms with Gasteiger partial charge in [-0.2, -0.15) is 0 Å². The minimum Gasteiger partial charge on any atom is -0.483 e. The third kappa shape index (κ3) is 5.19. The molecule has 0 aliphatic heterocycles. The summed E-state index contributed by atoms with van der Waals surface area (Å²) in [6.07, 6.45) is 3.30. The van der Waals surface area contributed by atoms with E-state index in [2.05, 4.69) is 12.2 Å². The van der Waals surface area contributed by atoms with Crippen LogP contribution < -0.4 is 15.8 Å². The first-order valence-corrected chi connectivity index (χ1v) is 6.45. The molecular weight excluding hydrogens is 228 g/mol. The lowest BCUT2D eigenvalue weighted by molar-refractivity contribution is -0.123. The lowest BCUT2D eigenvalue weighted by Crippen LogP contribution is -2.29. The van der Waals surface area contributed by atoms with Crippen LogP contribution in [-0.2, 0) is 11.3 Å². The predicted molar refractivity (Wildman–Crippen MR) is 72.4 cm³/mol. The Hall–Kier alpha value is -1.55. The Morgan fingerprint density at radius 2 is 2.11 bits per heavy atom. The number of amides is 1. The van der Waals surface area contributed by atoms with Crippen LogP contribution in [0, 0.1) is 0 Å². The Morgan fingerprint density at radius 1 is 1.33 bits per heavy atom. The van der Waals surface area contributed by atoms with Crippen LogP contribution in [0.1, 0.15) is 31.7 Å². The number of hydrogen-bond acceptors (Lipinski definition) is 3. The highest BCUT2D eigenvalue weighted by Gasteiger charge is 2.04. The van der Waals surface area contributed by atoms with Crippen LogP contribution in [-0.4, -0.2) is 19.1 Å². The predicted octanol–water partition coefficient (Wildman–Crippen LogP) is 1.83. The number of benzene rings is 1. The number of carbonyl (C=O) groups is 1. The second-order valence-corrected chi connectivity index (χ2v) is 4.16. The summed E-state index contributed by atoms with van der Waals surface area (Å²) in [6.45, 7) is 3.31. The van der Waals surface area contributed by atoms with Gasteiger partial charge in [-0.05, 0) is 12.5 Å². The molecule has 0 aliphatic carbocycles. The van der Waals surface area contributed by atoms with E-state index in [1.54, 1.807) is 0 Å². The van der Waals surface area contributed by atoms with Gasteiger partial charge in [0.05, 0.1) is 0 Å². The van der Waals surface area contributed by atoms with Gasteiger partial charge >= 0.3 is 0 Å². The first-order chi connectivity index (χ1) is 8.77. The van der Waals surface area contributed by atoms with Crippen LogP contribution in [0.15, 0.2) is 24.3 Å². The zero-order chi connectivity index (χ0) is 13.2. The monoisotopic (exact) mass is 250 g/mol. The molecule has 1 aromatic rings. The average Bonchev–Trinajstić information content (AvgIpc) is 2.41. The molecule has 0 bridgehead atoms. The zero-order valence-electron chi connectivity index (χ0n) is 10.9. The summed E-state index contributed by atoms with van der Waals surface area (Å²) in [7, 11) is 0. The van der Waals surface area contributed by atoms with Gasteiger partial charge in [0.15, 0.2) is 6.61 Å². The fourth-order valence-electron chi connectivity index (χ4n) is 1.61. The van der Waals surface area contributed by atoms with Crippen molar-refractivity contribution in [2.24, 2.45) is 5.73 Å². The molecule has 0 aromatic heterocycles. The third-order valence-corrected chi connectivity index (χ3v) is 2.65. The van der Waals surface area contributed by atoms with Crippen LogP contribution in [0.4, 0.5) is 0 Å². The highest BCUT2D eigenvalue weighted by Crippen LogP contribution is 2.16. The van der Waals surface area contributed by atoms with Gasteiger partial charge in [0.1, 0.15) is 5.75 Å². The van der Waals surface area contributed by atoms with Crippen molar-refractivity contribution < 1.29 is 9.53 Å².